The van der Waals surface area contributed by atoms with Crippen molar-refractivity contribution >= 4 is 28.9 Å². The van der Waals surface area contributed by atoms with Gasteiger partial charge in [-0.2, -0.15) is 0 Å². The van der Waals surface area contributed by atoms with Crippen molar-refractivity contribution in [3.63, 3.8) is 0 Å². The van der Waals surface area contributed by atoms with Crippen molar-refractivity contribution in [1.82, 2.24) is 5.32 Å². The molecule has 1 amide bonds. The maximum absolute atomic E-state index is 11.4. The maximum atomic E-state index is 11.4. The fourth-order valence-corrected chi connectivity index (χ4v) is 1.36. The Morgan fingerprint density at radius 2 is 2.11 bits per heavy atom. The van der Waals surface area contributed by atoms with Crippen LogP contribution in [-0.2, 0) is 4.79 Å². The molecule has 0 fully saturated rings. The first-order valence-corrected chi connectivity index (χ1v) is 5.83. The van der Waals surface area contributed by atoms with Gasteiger partial charge in [0.05, 0.1) is 12.8 Å². The van der Waals surface area contributed by atoms with Crippen LogP contribution in [0.1, 0.15) is 13.8 Å². The molecule has 6 heteroatoms. The van der Waals surface area contributed by atoms with E-state index in [4.69, 9.17) is 17.0 Å². The molecule has 1 aromatic rings. The molecule has 0 spiro atoms. The first kappa shape index (κ1) is 14.2. The highest BCUT2D eigenvalue weighted by Gasteiger charge is 2.10. The highest BCUT2D eigenvalue weighted by Crippen LogP contribution is 2.27. The molecule has 0 bridgehead atoms. The molecule has 0 aliphatic carbocycles. The quantitative estimate of drug-likeness (QED) is 0.576. The Morgan fingerprint density at radius 3 is 2.67 bits per heavy atom. The second kappa shape index (κ2) is 6.20. The van der Waals surface area contributed by atoms with Crippen LogP contribution in [0.25, 0.3) is 0 Å². The standard InChI is InChI=1S/C12H16N2O3S/c1-7(2)11(16)14-12(18)13-9-6-8(17-3)4-5-10(9)15/h4-7,15H,1-3H3,(H2,13,14,16,18). The lowest BCUT2D eigenvalue weighted by atomic mass is 10.2. The molecule has 0 atom stereocenters. The highest BCUT2D eigenvalue weighted by molar-refractivity contribution is 7.80. The first-order chi connectivity index (χ1) is 8.43. The minimum Gasteiger partial charge on any atom is -0.506 e. The topological polar surface area (TPSA) is 70.6 Å². The van der Waals surface area contributed by atoms with Gasteiger partial charge in [-0.3, -0.25) is 4.79 Å². The Balaban J connectivity index is 2.72. The molecule has 0 radical (unpaired) electrons. The van der Waals surface area contributed by atoms with Gasteiger partial charge < -0.3 is 20.5 Å². The second-order valence-electron chi connectivity index (χ2n) is 3.98. The van der Waals surface area contributed by atoms with E-state index < -0.39 is 0 Å². The van der Waals surface area contributed by atoms with Gasteiger partial charge in [0.25, 0.3) is 0 Å². The van der Waals surface area contributed by atoms with Crippen molar-refractivity contribution in [2.45, 2.75) is 13.8 Å². The summed E-state index contributed by atoms with van der Waals surface area (Å²) >= 11 is 4.98. The predicted molar refractivity (Wildman–Crippen MR) is 73.9 cm³/mol. The van der Waals surface area contributed by atoms with Gasteiger partial charge in [0.2, 0.25) is 5.91 Å². The van der Waals surface area contributed by atoms with E-state index >= 15 is 0 Å². The third-order valence-corrected chi connectivity index (χ3v) is 2.42. The van der Waals surface area contributed by atoms with Gasteiger partial charge in [-0.15, -0.1) is 0 Å². The number of anilines is 1. The van der Waals surface area contributed by atoms with Crippen LogP contribution in [0.5, 0.6) is 11.5 Å². The molecule has 0 aromatic heterocycles. The fraction of sp³-hybridized carbons (Fsp3) is 0.333. The fourth-order valence-electron chi connectivity index (χ4n) is 1.15. The summed E-state index contributed by atoms with van der Waals surface area (Å²) in [5.41, 5.74) is 0.378. The summed E-state index contributed by atoms with van der Waals surface area (Å²) in [5, 5.41) is 15.0. The minimum absolute atomic E-state index is 0.0249. The van der Waals surface area contributed by atoms with E-state index in [1.54, 1.807) is 26.0 Å². The third-order valence-electron chi connectivity index (χ3n) is 2.21. The Kier molecular flexibility index (Phi) is 4.91. The summed E-state index contributed by atoms with van der Waals surface area (Å²) in [4.78, 5) is 11.4. The lowest BCUT2D eigenvalue weighted by molar-refractivity contribution is -0.122. The van der Waals surface area contributed by atoms with Gasteiger partial charge in [0.15, 0.2) is 5.11 Å². The van der Waals surface area contributed by atoms with Crippen LogP contribution in [0.3, 0.4) is 0 Å². The molecule has 0 unspecified atom stereocenters. The summed E-state index contributed by atoms with van der Waals surface area (Å²) in [7, 11) is 1.52. The molecular weight excluding hydrogens is 252 g/mol. The molecule has 1 aromatic carbocycles. The molecule has 0 saturated heterocycles. The van der Waals surface area contributed by atoms with Crippen molar-refractivity contribution in [2.75, 3.05) is 12.4 Å². The largest absolute Gasteiger partial charge is 0.506 e. The van der Waals surface area contributed by atoms with E-state index in [0.717, 1.165) is 0 Å². The molecule has 98 valence electrons. The molecule has 5 nitrogen and oxygen atoms in total. The van der Waals surface area contributed by atoms with E-state index in [0.29, 0.717) is 11.4 Å². The van der Waals surface area contributed by atoms with Crippen molar-refractivity contribution in [2.24, 2.45) is 5.92 Å². The number of rotatable bonds is 3. The average molecular weight is 268 g/mol. The molecular formula is C12H16N2O3S. The summed E-state index contributed by atoms with van der Waals surface area (Å²) < 4.78 is 5.03. The number of thiocarbonyl (C=S) groups is 1. The Bertz CT molecular complexity index is 461. The number of benzene rings is 1. The first-order valence-electron chi connectivity index (χ1n) is 5.43. The van der Waals surface area contributed by atoms with E-state index in [1.807, 2.05) is 0 Å². The van der Waals surface area contributed by atoms with Gasteiger partial charge in [-0.1, -0.05) is 13.8 Å². The molecule has 0 heterocycles. The van der Waals surface area contributed by atoms with Crippen LogP contribution in [0.15, 0.2) is 18.2 Å². The average Bonchev–Trinajstić information content (AvgIpc) is 2.31. The number of aromatic hydroxyl groups is 1. The van der Waals surface area contributed by atoms with Crippen LogP contribution < -0.4 is 15.4 Å². The SMILES string of the molecule is COc1ccc(O)c(NC(=S)NC(=O)C(C)C)c1. The normalized spacial score (nSPS) is 10.0. The number of hydrogen-bond acceptors (Lipinski definition) is 4. The van der Waals surface area contributed by atoms with Crippen LogP contribution in [0.2, 0.25) is 0 Å². The van der Waals surface area contributed by atoms with E-state index in [-0.39, 0.29) is 22.7 Å². The monoisotopic (exact) mass is 268 g/mol. The number of ether oxygens (including phenoxy) is 1. The van der Waals surface area contributed by atoms with Gasteiger partial charge in [0, 0.05) is 12.0 Å². The van der Waals surface area contributed by atoms with Crippen LogP contribution in [0.4, 0.5) is 5.69 Å². The number of nitrogens with one attached hydrogen (secondary N) is 2. The Morgan fingerprint density at radius 1 is 1.44 bits per heavy atom. The second-order valence-corrected chi connectivity index (χ2v) is 4.39. The minimum atomic E-state index is -0.185. The van der Waals surface area contributed by atoms with Crippen molar-refractivity contribution < 1.29 is 14.6 Å². The number of phenolic OH excluding ortho intramolecular Hbond substituents is 1. The summed E-state index contributed by atoms with van der Waals surface area (Å²) in [6, 6.07) is 4.69. The number of amides is 1. The third kappa shape index (κ3) is 3.89. The van der Waals surface area contributed by atoms with Crippen molar-refractivity contribution in [3.05, 3.63) is 18.2 Å². The predicted octanol–water partition coefficient (Wildman–Crippen LogP) is 1.87. The number of carbonyl (C=O) groups excluding carboxylic acids is 1. The summed E-state index contributed by atoms with van der Waals surface area (Å²) in [5.74, 6) is 0.253. The summed E-state index contributed by atoms with van der Waals surface area (Å²) in [6.45, 7) is 3.53. The van der Waals surface area contributed by atoms with Crippen LogP contribution >= 0.6 is 12.2 Å². The lowest BCUT2D eigenvalue weighted by Gasteiger charge is -2.12. The Hall–Kier alpha value is -1.82. The zero-order valence-corrected chi connectivity index (χ0v) is 11.3. The smallest absolute Gasteiger partial charge is 0.228 e. The number of hydrogen-bond donors (Lipinski definition) is 3. The molecule has 18 heavy (non-hydrogen) atoms. The zero-order valence-electron chi connectivity index (χ0n) is 10.5. The number of carbonyl (C=O) groups is 1. The van der Waals surface area contributed by atoms with Crippen LogP contribution in [-0.4, -0.2) is 23.2 Å². The van der Waals surface area contributed by atoms with Gasteiger partial charge in [-0.25, -0.2) is 0 Å². The van der Waals surface area contributed by atoms with Gasteiger partial charge >= 0.3 is 0 Å². The van der Waals surface area contributed by atoms with Crippen LogP contribution in [0, 0.1) is 5.92 Å². The van der Waals surface area contributed by atoms with Crippen molar-refractivity contribution in [3.8, 4) is 11.5 Å². The van der Waals surface area contributed by atoms with Gasteiger partial charge in [0.1, 0.15) is 11.5 Å². The summed E-state index contributed by atoms with van der Waals surface area (Å²) in [6.07, 6.45) is 0. The van der Waals surface area contributed by atoms with E-state index in [2.05, 4.69) is 10.6 Å². The zero-order chi connectivity index (χ0) is 13.7. The lowest BCUT2D eigenvalue weighted by Crippen LogP contribution is -2.36. The maximum Gasteiger partial charge on any atom is 0.228 e. The molecule has 0 aliphatic heterocycles. The Labute approximate surface area is 111 Å². The molecule has 3 N–H and O–H groups in total. The molecule has 0 saturated carbocycles. The number of phenols is 1. The van der Waals surface area contributed by atoms with Crippen molar-refractivity contribution in [1.29, 1.82) is 0 Å². The number of methoxy groups -OCH3 is 1. The molecule has 1 rings (SSSR count). The highest BCUT2D eigenvalue weighted by atomic mass is 32.1. The molecule has 0 aliphatic rings. The van der Waals surface area contributed by atoms with E-state index in [9.17, 15) is 9.90 Å². The van der Waals surface area contributed by atoms with E-state index in [1.165, 1.54) is 13.2 Å². The van der Waals surface area contributed by atoms with Gasteiger partial charge in [-0.05, 0) is 24.4 Å².